The average molecular weight is 506 g/mol. The number of aliphatic hydroxyl groups is 1. The van der Waals surface area contributed by atoms with Gasteiger partial charge in [-0.2, -0.15) is 0 Å². The maximum absolute atomic E-state index is 13.0. The van der Waals surface area contributed by atoms with Crippen LogP contribution in [0.4, 0.5) is 4.79 Å². The highest BCUT2D eigenvalue weighted by atomic mass is 16.3. The number of likely N-dealkylation sites (tertiary alicyclic amines) is 1. The van der Waals surface area contributed by atoms with E-state index in [1.807, 2.05) is 29.0 Å². The Labute approximate surface area is 219 Å². The summed E-state index contributed by atoms with van der Waals surface area (Å²) in [7, 11) is 0. The van der Waals surface area contributed by atoms with Crippen LogP contribution in [0.25, 0.3) is 0 Å². The molecule has 1 atom stereocenters. The molecular formula is C29H39N5O3. The molecule has 2 aromatic rings. The molecule has 0 spiro atoms. The van der Waals surface area contributed by atoms with E-state index in [4.69, 9.17) is 0 Å². The lowest BCUT2D eigenvalue weighted by Gasteiger charge is -2.32. The molecule has 0 saturated carbocycles. The van der Waals surface area contributed by atoms with Crippen LogP contribution in [0.3, 0.4) is 0 Å². The van der Waals surface area contributed by atoms with Crippen LogP contribution < -0.4 is 0 Å². The first-order valence-electron chi connectivity index (χ1n) is 13.7. The summed E-state index contributed by atoms with van der Waals surface area (Å²) < 4.78 is 0. The third-order valence-corrected chi connectivity index (χ3v) is 8.11. The standard InChI is InChI=1S/C29H39N5O3/c1-2-28(36)32-13-10-23(11-14-32)24-7-8-26(30-17-24)19-33-15-16-34(29(33)37)21-27(35)20-31-12-9-22-5-3-4-6-25(22)18-31/h3-8,17,23,27,35H,2,9-16,18-21H2,1H3/t27-/m1/s1. The molecule has 0 aliphatic carbocycles. The van der Waals surface area contributed by atoms with Crippen molar-refractivity contribution in [2.24, 2.45) is 0 Å². The average Bonchev–Trinajstić information content (AvgIpc) is 3.26. The van der Waals surface area contributed by atoms with E-state index in [1.165, 1.54) is 16.7 Å². The molecule has 4 heterocycles. The highest BCUT2D eigenvalue weighted by Gasteiger charge is 2.31. The molecule has 2 fully saturated rings. The zero-order valence-electron chi connectivity index (χ0n) is 21.9. The van der Waals surface area contributed by atoms with Crippen LogP contribution in [-0.4, -0.2) is 93.5 Å². The Hall–Kier alpha value is -2.97. The smallest absolute Gasteiger partial charge is 0.320 e. The first kappa shape index (κ1) is 25.7. The van der Waals surface area contributed by atoms with Crippen molar-refractivity contribution >= 4 is 11.9 Å². The minimum Gasteiger partial charge on any atom is -0.390 e. The second kappa shape index (κ2) is 11.6. The summed E-state index contributed by atoms with van der Waals surface area (Å²) >= 11 is 0. The molecule has 0 unspecified atom stereocenters. The normalized spacial score (nSPS) is 19.8. The highest BCUT2D eigenvalue weighted by Crippen LogP contribution is 2.28. The number of hydrogen-bond donors (Lipinski definition) is 1. The van der Waals surface area contributed by atoms with Crippen molar-refractivity contribution in [3.63, 3.8) is 0 Å². The molecule has 0 radical (unpaired) electrons. The number of nitrogens with zero attached hydrogens (tertiary/aromatic N) is 5. The molecule has 3 amide bonds. The summed E-state index contributed by atoms with van der Waals surface area (Å²) in [6.07, 6.45) is 4.89. The number of piperidine rings is 1. The predicted octanol–water partition coefficient (Wildman–Crippen LogP) is 2.85. The molecular weight excluding hydrogens is 466 g/mol. The quantitative estimate of drug-likeness (QED) is 0.597. The van der Waals surface area contributed by atoms with Crippen molar-refractivity contribution in [2.45, 2.75) is 57.7 Å². The van der Waals surface area contributed by atoms with E-state index >= 15 is 0 Å². The van der Waals surface area contributed by atoms with Gasteiger partial charge < -0.3 is 19.8 Å². The zero-order chi connectivity index (χ0) is 25.8. The van der Waals surface area contributed by atoms with E-state index in [1.54, 1.807) is 4.90 Å². The van der Waals surface area contributed by atoms with Gasteiger partial charge in [-0.25, -0.2) is 4.79 Å². The Morgan fingerprint density at radius 2 is 1.76 bits per heavy atom. The number of carbonyl (C=O) groups is 2. The van der Waals surface area contributed by atoms with E-state index in [0.29, 0.717) is 45.1 Å². The van der Waals surface area contributed by atoms with Gasteiger partial charge in [-0.3, -0.25) is 14.7 Å². The fraction of sp³-hybridized carbons (Fsp3) is 0.552. The molecule has 8 nitrogen and oxygen atoms in total. The minimum atomic E-state index is -0.564. The van der Waals surface area contributed by atoms with Crippen molar-refractivity contribution in [3.8, 4) is 0 Å². The van der Waals surface area contributed by atoms with Crippen LogP contribution in [0, 0.1) is 0 Å². The first-order valence-corrected chi connectivity index (χ1v) is 13.7. The Morgan fingerprint density at radius 1 is 1.00 bits per heavy atom. The van der Waals surface area contributed by atoms with E-state index < -0.39 is 6.10 Å². The summed E-state index contributed by atoms with van der Waals surface area (Å²) in [6.45, 7) is 8.03. The van der Waals surface area contributed by atoms with Crippen molar-refractivity contribution < 1.29 is 14.7 Å². The van der Waals surface area contributed by atoms with Crippen LogP contribution >= 0.6 is 0 Å². The number of pyridine rings is 1. The third kappa shape index (κ3) is 6.13. The molecule has 1 N–H and O–H groups in total. The largest absolute Gasteiger partial charge is 0.390 e. The number of hydrogen-bond acceptors (Lipinski definition) is 5. The number of aliphatic hydroxyl groups excluding tert-OH is 1. The lowest BCUT2D eigenvalue weighted by Crippen LogP contribution is -2.43. The number of carbonyl (C=O) groups excluding carboxylic acids is 2. The molecule has 8 heteroatoms. The maximum Gasteiger partial charge on any atom is 0.320 e. The van der Waals surface area contributed by atoms with Gasteiger partial charge in [0.2, 0.25) is 5.91 Å². The molecule has 1 aromatic heterocycles. The summed E-state index contributed by atoms with van der Waals surface area (Å²) in [5.41, 5.74) is 4.82. The van der Waals surface area contributed by atoms with E-state index in [9.17, 15) is 14.7 Å². The van der Waals surface area contributed by atoms with Crippen LogP contribution in [-0.2, 0) is 24.3 Å². The number of fused-ring (bicyclic) bond motifs is 1. The predicted molar refractivity (Wildman–Crippen MR) is 142 cm³/mol. The second-order valence-electron chi connectivity index (χ2n) is 10.6. The summed E-state index contributed by atoms with van der Waals surface area (Å²) in [4.78, 5) is 37.4. The molecule has 0 bridgehead atoms. The van der Waals surface area contributed by atoms with Gasteiger partial charge in [0, 0.05) is 65.0 Å². The number of β-amino-alcohol motifs (C(OH)–C–C–N with tert-alkyl or cyclic N) is 1. The molecule has 198 valence electrons. The van der Waals surface area contributed by atoms with Gasteiger partial charge in [-0.15, -0.1) is 0 Å². The van der Waals surface area contributed by atoms with Crippen LogP contribution in [0.2, 0.25) is 0 Å². The Balaban J connectivity index is 1.07. The van der Waals surface area contributed by atoms with Gasteiger partial charge in [-0.05, 0) is 47.9 Å². The summed E-state index contributed by atoms with van der Waals surface area (Å²) in [6, 6.07) is 12.6. The van der Waals surface area contributed by atoms with Gasteiger partial charge in [0.25, 0.3) is 0 Å². The lowest BCUT2D eigenvalue weighted by molar-refractivity contribution is -0.131. The SMILES string of the molecule is CCC(=O)N1CCC(c2ccc(CN3CCN(C[C@H](O)CN4CCc5ccccc5C4)C3=O)nc2)CC1. The number of urea groups is 1. The van der Waals surface area contributed by atoms with Gasteiger partial charge in [-0.1, -0.05) is 37.3 Å². The highest BCUT2D eigenvalue weighted by molar-refractivity contribution is 5.76. The molecule has 2 saturated heterocycles. The van der Waals surface area contributed by atoms with Crippen LogP contribution in [0.1, 0.15) is 54.5 Å². The Kier molecular flexibility index (Phi) is 8.05. The maximum atomic E-state index is 13.0. The minimum absolute atomic E-state index is 0.0260. The topological polar surface area (TPSA) is 80.2 Å². The van der Waals surface area contributed by atoms with Crippen molar-refractivity contribution in [1.82, 2.24) is 24.6 Å². The van der Waals surface area contributed by atoms with Crippen molar-refractivity contribution in [3.05, 3.63) is 65.0 Å². The van der Waals surface area contributed by atoms with Crippen molar-refractivity contribution in [2.75, 3.05) is 45.8 Å². The molecule has 3 aliphatic rings. The van der Waals surface area contributed by atoms with E-state index in [2.05, 4.69) is 40.2 Å². The zero-order valence-corrected chi connectivity index (χ0v) is 21.9. The second-order valence-corrected chi connectivity index (χ2v) is 10.6. The molecule has 37 heavy (non-hydrogen) atoms. The monoisotopic (exact) mass is 505 g/mol. The number of benzene rings is 1. The van der Waals surface area contributed by atoms with Crippen molar-refractivity contribution in [1.29, 1.82) is 0 Å². The lowest BCUT2D eigenvalue weighted by atomic mass is 9.90. The Bertz CT molecular complexity index is 1080. The van der Waals surface area contributed by atoms with Gasteiger partial charge in [0.05, 0.1) is 18.3 Å². The fourth-order valence-corrected chi connectivity index (χ4v) is 5.92. The van der Waals surface area contributed by atoms with Gasteiger partial charge in [0.1, 0.15) is 0 Å². The molecule has 5 rings (SSSR count). The third-order valence-electron chi connectivity index (χ3n) is 8.11. The number of amides is 3. The fourth-order valence-electron chi connectivity index (χ4n) is 5.92. The summed E-state index contributed by atoms with van der Waals surface area (Å²) in [5, 5.41) is 10.7. The molecule has 3 aliphatic heterocycles. The van der Waals surface area contributed by atoms with E-state index in [0.717, 1.165) is 51.1 Å². The van der Waals surface area contributed by atoms with Crippen LogP contribution in [0.15, 0.2) is 42.6 Å². The number of rotatable bonds is 8. The Morgan fingerprint density at radius 3 is 2.49 bits per heavy atom. The molecule has 1 aromatic carbocycles. The summed E-state index contributed by atoms with van der Waals surface area (Å²) in [5.74, 6) is 0.669. The van der Waals surface area contributed by atoms with E-state index in [-0.39, 0.29) is 11.9 Å². The first-order chi connectivity index (χ1) is 18.0. The number of aromatic nitrogens is 1. The van der Waals surface area contributed by atoms with Gasteiger partial charge >= 0.3 is 6.03 Å². The van der Waals surface area contributed by atoms with Crippen LogP contribution in [0.5, 0.6) is 0 Å². The van der Waals surface area contributed by atoms with Gasteiger partial charge in [0.15, 0.2) is 0 Å².